The molecule has 1 atom stereocenters. The number of benzene rings is 2. The van der Waals surface area contributed by atoms with Crippen molar-refractivity contribution in [3.05, 3.63) is 64.5 Å². The lowest BCUT2D eigenvalue weighted by Gasteiger charge is -2.03. The monoisotopic (exact) mass is 341 g/mol. The van der Waals surface area contributed by atoms with Crippen molar-refractivity contribution in [1.82, 2.24) is 10.1 Å². The standard InChI is InChI=1S/C16H12BrN3O/c17-11-5-3-4-10(8-11)15-19-16(21-20-15)13-9-18-14-7-2-1-6-12(13)14/h1-8,13,18H,9H2. The van der Waals surface area contributed by atoms with Gasteiger partial charge in [0.2, 0.25) is 11.7 Å². The van der Waals surface area contributed by atoms with E-state index in [1.54, 1.807) is 0 Å². The summed E-state index contributed by atoms with van der Waals surface area (Å²) in [4.78, 5) is 4.56. The first kappa shape index (κ1) is 12.6. The van der Waals surface area contributed by atoms with Crippen molar-refractivity contribution in [3.63, 3.8) is 0 Å². The Labute approximate surface area is 130 Å². The van der Waals surface area contributed by atoms with Crippen LogP contribution < -0.4 is 5.32 Å². The average Bonchev–Trinajstić information content (AvgIpc) is 3.14. The summed E-state index contributed by atoms with van der Waals surface area (Å²) in [6.07, 6.45) is 0. The molecule has 21 heavy (non-hydrogen) atoms. The molecule has 1 aromatic heterocycles. The fourth-order valence-electron chi connectivity index (χ4n) is 2.63. The number of anilines is 1. The SMILES string of the molecule is Brc1cccc(-c2noc(C3CNc4ccccc43)n2)c1. The molecule has 1 aliphatic rings. The number of halogens is 1. The van der Waals surface area contributed by atoms with Crippen molar-refractivity contribution >= 4 is 21.6 Å². The maximum atomic E-state index is 5.48. The molecule has 3 aromatic rings. The van der Waals surface area contributed by atoms with Gasteiger partial charge in [-0.2, -0.15) is 4.98 Å². The Bertz CT molecular complexity index is 799. The van der Waals surface area contributed by atoms with E-state index in [2.05, 4.69) is 43.5 Å². The minimum atomic E-state index is 0.120. The van der Waals surface area contributed by atoms with Crippen molar-refractivity contribution in [1.29, 1.82) is 0 Å². The van der Waals surface area contributed by atoms with E-state index in [4.69, 9.17) is 4.52 Å². The van der Waals surface area contributed by atoms with Crippen LogP contribution in [0.4, 0.5) is 5.69 Å². The van der Waals surface area contributed by atoms with Gasteiger partial charge in [-0.25, -0.2) is 0 Å². The number of rotatable bonds is 2. The highest BCUT2D eigenvalue weighted by Gasteiger charge is 2.28. The zero-order valence-electron chi connectivity index (χ0n) is 11.1. The molecule has 0 amide bonds. The topological polar surface area (TPSA) is 51.0 Å². The van der Waals surface area contributed by atoms with Gasteiger partial charge in [-0.1, -0.05) is 51.4 Å². The molecule has 2 aromatic carbocycles. The van der Waals surface area contributed by atoms with Gasteiger partial charge in [0.25, 0.3) is 0 Å². The second kappa shape index (κ2) is 5.00. The molecule has 4 nitrogen and oxygen atoms in total. The van der Waals surface area contributed by atoms with Crippen molar-refractivity contribution in [3.8, 4) is 11.4 Å². The number of para-hydroxylation sites is 1. The minimum Gasteiger partial charge on any atom is -0.384 e. The molecule has 4 rings (SSSR count). The van der Waals surface area contributed by atoms with Crippen molar-refractivity contribution in [2.24, 2.45) is 0 Å². The number of nitrogens with zero attached hydrogens (tertiary/aromatic N) is 2. The molecule has 5 heteroatoms. The summed E-state index contributed by atoms with van der Waals surface area (Å²) in [5.74, 6) is 1.40. The molecule has 104 valence electrons. The zero-order valence-corrected chi connectivity index (χ0v) is 12.7. The highest BCUT2D eigenvalue weighted by Crippen LogP contribution is 2.35. The molecule has 0 aliphatic carbocycles. The number of aromatic nitrogens is 2. The molecule has 1 N–H and O–H groups in total. The first-order chi connectivity index (χ1) is 10.3. The normalized spacial score (nSPS) is 16.5. The van der Waals surface area contributed by atoms with Gasteiger partial charge in [0, 0.05) is 22.3 Å². The smallest absolute Gasteiger partial charge is 0.236 e. The van der Waals surface area contributed by atoms with E-state index in [-0.39, 0.29) is 5.92 Å². The van der Waals surface area contributed by atoms with Gasteiger partial charge in [-0.3, -0.25) is 0 Å². The third kappa shape index (κ3) is 2.23. The van der Waals surface area contributed by atoms with Gasteiger partial charge in [-0.15, -0.1) is 0 Å². The first-order valence-electron chi connectivity index (χ1n) is 6.73. The van der Waals surface area contributed by atoms with Gasteiger partial charge in [0.05, 0.1) is 5.92 Å². The number of hydrogen-bond donors (Lipinski definition) is 1. The third-order valence-electron chi connectivity index (χ3n) is 3.66. The van der Waals surface area contributed by atoms with Crippen molar-refractivity contribution in [2.45, 2.75) is 5.92 Å². The van der Waals surface area contributed by atoms with E-state index in [9.17, 15) is 0 Å². The highest BCUT2D eigenvalue weighted by molar-refractivity contribution is 9.10. The van der Waals surface area contributed by atoms with Crippen LogP contribution in [-0.4, -0.2) is 16.7 Å². The van der Waals surface area contributed by atoms with Gasteiger partial charge in [0.1, 0.15) is 0 Å². The molecule has 0 bridgehead atoms. The van der Waals surface area contributed by atoms with Gasteiger partial charge in [0.15, 0.2) is 0 Å². The fourth-order valence-corrected chi connectivity index (χ4v) is 3.02. The molecule has 1 aliphatic heterocycles. The van der Waals surface area contributed by atoms with Gasteiger partial charge < -0.3 is 9.84 Å². The van der Waals surface area contributed by atoms with Crippen LogP contribution in [0.15, 0.2) is 57.5 Å². The average molecular weight is 342 g/mol. The molecule has 0 saturated heterocycles. The Balaban J connectivity index is 1.70. The quantitative estimate of drug-likeness (QED) is 0.763. The highest BCUT2D eigenvalue weighted by atomic mass is 79.9. The summed E-state index contributed by atoms with van der Waals surface area (Å²) in [6.45, 7) is 0.791. The second-order valence-corrected chi connectivity index (χ2v) is 5.90. The van der Waals surface area contributed by atoms with E-state index in [0.29, 0.717) is 11.7 Å². The Morgan fingerprint density at radius 2 is 2.05 bits per heavy atom. The van der Waals surface area contributed by atoms with E-state index < -0.39 is 0 Å². The van der Waals surface area contributed by atoms with Crippen LogP contribution in [0.1, 0.15) is 17.4 Å². The third-order valence-corrected chi connectivity index (χ3v) is 4.15. The molecule has 2 heterocycles. The number of nitrogens with one attached hydrogen (secondary N) is 1. The van der Waals surface area contributed by atoms with Crippen molar-refractivity contribution < 1.29 is 4.52 Å². The van der Waals surface area contributed by atoms with Crippen LogP contribution >= 0.6 is 15.9 Å². The van der Waals surface area contributed by atoms with Crippen LogP contribution in [0, 0.1) is 0 Å². The second-order valence-electron chi connectivity index (χ2n) is 4.99. The summed E-state index contributed by atoms with van der Waals surface area (Å²) in [5, 5.41) is 7.48. The Morgan fingerprint density at radius 3 is 2.95 bits per heavy atom. The molecule has 0 radical (unpaired) electrons. The van der Waals surface area contributed by atoms with Crippen LogP contribution in [0.25, 0.3) is 11.4 Å². The summed E-state index contributed by atoms with van der Waals surface area (Å²) < 4.78 is 6.48. The predicted octanol–water partition coefficient (Wildman–Crippen LogP) is 4.06. The zero-order chi connectivity index (χ0) is 14.2. The van der Waals surface area contributed by atoms with Crippen LogP contribution in [0.3, 0.4) is 0 Å². The maximum absolute atomic E-state index is 5.48. The summed E-state index contributed by atoms with van der Waals surface area (Å²) in [7, 11) is 0. The van der Waals surface area contributed by atoms with Gasteiger partial charge in [-0.05, 0) is 23.8 Å². The van der Waals surface area contributed by atoms with Crippen LogP contribution in [0.2, 0.25) is 0 Å². The molecule has 0 fully saturated rings. The molecular formula is C16H12BrN3O. The van der Waals surface area contributed by atoms with E-state index >= 15 is 0 Å². The van der Waals surface area contributed by atoms with E-state index in [1.807, 2.05) is 36.4 Å². The minimum absolute atomic E-state index is 0.120. The molecule has 0 saturated carbocycles. The molecule has 0 spiro atoms. The predicted molar refractivity (Wildman–Crippen MR) is 84.2 cm³/mol. The fraction of sp³-hybridized carbons (Fsp3) is 0.125. The largest absolute Gasteiger partial charge is 0.384 e. The lowest BCUT2D eigenvalue weighted by atomic mass is 10.0. The maximum Gasteiger partial charge on any atom is 0.236 e. The number of hydrogen-bond acceptors (Lipinski definition) is 4. The lowest BCUT2D eigenvalue weighted by Crippen LogP contribution is -2.04. The molecule has 1 unspecified atom stereocenters. The molecular weight excluding hydrogens is 330 g/mol. The Morgan fingerprint density at radius 1 is 1.14 bits per heavy atom. The van der Waals surface area contributed by atoms with Crippen molar-refractivity contribution in [2.75, 3.05) is 11.9 Å². The Hall–Kier alpha value is -2.14. The van der Waals surface area contributed by atoms with Crippen LogP contribution in [-0.2, 0) is 0 Å². The summed E-state index contributed by atoms with van der Waals surface area (Å²) in [6, 6.07) is 16.1. The van der Waals surface area contributed by atoms with E-state index in [0.717, 1.165) is 22.3 Å². The summed E-state index contributed by atoms with van der Waals surface area (Å²) in [5.41, 5.74) is 3.30. The first-order valence-corrected chi connectivity index (χ1v) is 7.53. The van der Waals surface area contributed by atoms with Crippen LogP contribution in [0.5, 0.6) is 0 Å². The van der Waals surface area contributed by atoms with Gasteiger partial charge >= 0.3 is 0 Å². The number of fused-ring (bicyclic) bond motifs is 1. The lowest BCUT2D eigenvalue weighted by molar-refractivity contribution is 0.371. The Kier molecular flexibility index (Phi) is 3.00. The van der Waals surface area contributed by atoms with E-state index in [1.165, 1.54) is 5.56 Å². The summed E-state index contributed by atoms with van der Waals surface area (Å²) >= 11 is 3.46.